The van der Waals surface area contributed by atoms with Crippen LogP contribution in [0.5, 0.6) is 0 Å². The third kappa shape index (κ3) is 4.05. The second-order valence-corrected chi connectivity index (χ2v) is 10.9. The highest BCUT2D eigenvalue weighted by Gasteiger charge is 2.46. The van der Waals surface area contributed by atoms with Gasteiger partial charge in [-0.15, -0.1) is 0 Å². The summed E-state index contributed by atoms with van der Waals surface area (Å²) in [5.74, 6) is -1.69. The molecule has 0 fully saturated rings. The van der Waals surface area contributed by atoms with Crippen molar-refractivity contribution in [2.45, 2.75) is 57.8 Å². The average Bonchev–Trinajstić information content (AvgIpc) is 3.33. The van der Waals surface area contributed by atoms with Crippen LogP contribution in [0.25, 0.3) is 22.3 Å². The summed E-state index contributed by atoms with van der Waals surface area (Å²) in [4.78, 5) is 43.8. The molecule has 1 aliphatic carbocycles. The number of cyclic esters (lactones) is 1. The number of aliphatic hydroxyl groups is 2. The van der Waals surface area contributed by atoms with Gasteiger partial charge in [0.05, 0.1) is 48.1 Å². The van der Waals surface area contributed by atoms with E-state index in [1.807, 2.05) is 6.21 Å². The van der Waals surface area contributed by atoms with Crippen LogP contribution in [0.4, 0.5) is 4.39 Å². The van der Waals surface area contributed by atoms with Gasteiger partial charge in [0.15, 0.2) is 18.4 Å². The first-order valence-corrected chi connectivity index (χ1v) is 13.7. The number of hydrogen-bond acceptors (Lipinski definition) is 8. The molecule has 0 radical (unpaired) electrons. The average molecular weight is 565 g/mol. The first-order valence-electron chi connectivity index (χ1n) is 13.7. The Kier molecular flexibility index (Phi) is 6.63. The minimum atomic E-state index is -1.95. The zero-order valence-corrected chi connectivity index (χ0v) is 23.1. The summed E-state index contributed by atoms with van der Waals surface area (Å²) >= 11 is 0. The molecule has 41 heavy (non-hydrogen) atoms. The van der Waals surface area contributed by atoms with E-state index in [0.717, 1.165) is 22.1 Å². The predicted molar refractivity (Wildman–Crippen MR) is 145 cm³/mol. The number of amides is 1. The van der Waals surface area contributed by atoms with E-state index in [4.69, 9.17) is 19.6 Å². The zero-order chi connectivity index (χ0) is 29.2. The molecule has 2 aliphatic heterocycles. The number of nitrogens with zero attached hydrogens (tertiary/aromatic N) is 3. The summed E-state index contributed by atoms with van der Waals surface area (Å²) in [6.45, 7) is 3.05. The van der Waals surface area contributed by atoms with Crippen LogP contribution in [-0.2, 0) is 44.2 Å². The molecule has 1 aromatic carbocycles. The quantitative estimate of drug-likeness (QED) is 0.157. The molecule has 0 bridgehead atoms. The van der Waals surface area contributed by atoms with E-state index in [1.165, 1.54) is 10.6 Å². The SMILES string of the molecule is CC[C@@]1(O)C(=O)OCc2c1cc1n(c2=O)Cc2c-1nc1cc(F)c(C)c3c1c2C(C=[N+](C)C(=O)COCCO)CC3. The molecule has 1 amide bonds. The molecule has 4 heterocycles. The van der Waals surface area contributed by atoms with Gasteiger partial charge in [0.1, 0.15) is 19.5 Å². The molecule has 3 aromatic rings. The van der Waals surface area contributed by atoms with Crippen molar-refractivity contribution in [2.75, 3.05) is 26.9 Å². The normalized spacial score (nSPS) is 21.0. The van der Waals surface area contributed by atoms with Crippen molar-refractivity contribution in [1.82, 2.24) is 9.55 Å². The minimum absolute atomic E-state index is 0.0260. The highest BCUT2D eigenvalue weighted by Crippen LogP contribution is 2.46. The van der Waals surface area contributed by atoms with Crippen LogP contribution < -0.4 is 5.56 Å². The molecule has 0 saturated carbocycles. The lowest BCUT2D eigenvalue weighted by Gasteiger charge is -2.31. The molecule has 0 saturated heterocycles. The Balaban J connectivity index is 1.57. The van der Waals surface area contributed by atoms with Gasteiger partial charge in [-0.1, -0.05) is 6.92 Å². The Hall–Kier alpha value is -3.80. The number of pyridine rings is 2. The lowest BCUT2D eigenvalue weighted by Crippen LogP contribution is -2.44. The Morgan fingerprint density at radius 2 is 2.10 bits per heavy atom. The fraction of sp³-hybridized carbons (Fsp3) is 0.433. The maximum Gasteiger partial charge on any atom is 0.412 e. The van der Waals surface area contributed by atoms with E-state index in [-0.39, 0.29) is 73.7 Å². The number of carbonyl (C=O) groups is 2. The summed E-state index contributed by atoms with van der Waals surface area (Å²) in [7, 11) is 1.64. The van der Waals surface area contributed by atoms with Gasteiger partial charge >= 0.3 is 11.9 Å². The minimum Gasteiger partial charge on any atom is -0.458 e. The molecular formula is C30H31FN3O7+. The van der Waals surface area contributed by atoms with E-state index in [2.05, 4.69) is 0 Å². The molecule has 1 unspecified atom stereocenters. The van der Waals surface area contributed by atoms with Crippen molar-refractivity contribution in [3.8, 4) is 11.4 Å². The second-order valence-electron chi connectivity index (χ2n) is 10.9. The smallest absolute Gasteiger partial charge is 0.412 e. The lowest BCUT2D eigenvalue weighted by atomic mass is 9.78. The topological polar surface area (TPSA) is 131 Å². The summed E-state index contributed by atoms with van der Waals surface area (Å²) in [6.07, 6.45) is 3.04. The van der Waals surface area contributed by atoms with Crippen LogP contribution >= 0.6 is 0 Å². The van der Waals surface area contributed by atoms with Crippen molar-refractivity contribution in [2.24, 2.45) is 0 Å². The number of aryl methyl sites for hydroxylation is 1. The first-order chi connectivity index (χ1) is 19.6. The van der Waals surface area contributed by atoms with Gasteiger partial charge in [-0.25, -0.2) is 19.0 Å². The van der Waals surface area contributed by atoms with E-state index in [9.17, 15) is 19.5 Å². The zero-order valence-electron chi connectivity index (χ0n) is 23.1. The maximum atomic E-state index is 15.1. The molecule has 3 aliphatic rings. The molecule has 10 nitrogen and oxygen atoms in total. The molecule has 214 valence electrons. The predicted octanol–water partition coefficient (Wildman–Crippen LogP) is 1.81. The van der Waals surface area contributed by atoms with Crippen molar-refractivity contribution < 1.29 is 38.2 Å². The number of hydrogen-bond donors (Lipinski definition) is 2. The summed E-state index contributed by atoms with van der Waals surface area (Å²) in [5, 5.41) is 21.0. The maximum absolute atomic E-state index is 15.1. The third-order valence-electron chi connectivity index (χ3n) is 8.68. The molecular weight excluding hydrogens is 533 g/mol. The number of rotatable bonds is 6. The molecule has 2 N–H and O–H groups in total. The molecule has 0 spiro atoms. The summed E-state index contributed by atoms with van der Waals surface area (Å²) < 4.78 is 28.5. The van der Waals surface area contributed by atoms with E-state index in [1.54, 1.807) is 31.5 Å². The number of halogens is 1. The van der Waals surface area contributed by atoms with Crippen molar-refractivity contribution in [1.29, 1.82) is 0 Å². The van der Waals surface area contributed by atoms with Crippen LogP contribution in [0, 0.1) is 12.7 Å². The van der Waals surface area contributed by atoms with Gasteiger partial charge in [0.2, 0.25) is 0 Å². The summed E-state index contributed by atoms with van der Waals surface area (Å²) in [6, 6.07) is 3.04. The number of likely N-dealkylation sites (N-methyl/N-ethyl adjacent to an activating group) is 1. The summed E-state index contributed by atoms with van der Waals surface area (Å²) in [5.41, 5.74) is 2.55. The van der Waals surface area contributed by atoms with Gasteiger partial charge in [-0.05, 0) is 48.9 Å². The monoisotopic (exact) mass is 564 g/mol. The number of aromatic nitrogens is 2. The van der Waals surface area contributed by atoms with Crippen LogP contribution in [0.15, 0.2) is 16.9 Å². The number of esters is 1. The van der Waals surface area contributed by atoms with E-state index in [0.29, 0.717) is 35.3 Å². The first kappa shape index (κ1) is 27.4. The van der Waals surface area contributed by atoms with Gasteiger partial charge in [0, 0.05) is 22.6 Å². The van der Waals surface area contributed by atoms with Gasteiger partial charge in [-0.3, -0.25) is 4.79 Å². The molecule has 11 heteroatoms. The van der Waals surface area contributed by atoms with Crippen molar-refractivity contribution in [3.05, 3.63) is 61.7 Å². The number of fused-ring (bicyclic) bond motifs is 5. The number of benzene rings is 1. The highest BCUT2D eigenvalue weighted by molar-refractivity contribution is 5.96. The Morgan fingerprint density at radius 3 is 2.83 bits per heavy atom. The van der Waals surface area contributed by atoms with Crippen LogP contribution in [0.2, 0.25) is 0 Å². The number of ether oxygens (including phenoxy) is 2. The Morgan fingerprint density at radius 1 is 1.32 bits per heavy atom. The van der Waals surface area contributed by atoms with Gasteiger partial charge in [-0.2, -0.15) is 4.58 Å². The fourth-order valence-electron chi connectivity index (χ4n) is 6.42. The Bertz CT molecular complexity index is 1740. The molecule has 6 rings (SSSR count). The van der Waals surface area contributed by atoms with Gasteiger partial charge in [0.25, 0.3) is 5.56 Å². The molecule has 2 atom stereocenters. The molecule has 2 aromatic heterocycles. The van der Waals surface area contributed by atoms with E-state index < -0.39 is 11.6 Å². The Labute approximate surface area is 234 Å². The number of aliphatic hydroxyl groups excluding tert-OH is 1. The van der Waals surface area contributed by atoms with Gasteiger partial charge < -0.3 is 24.3 Å². The number of carbonyl (C=O) groups excluding carboxylic acids is 2. The second kappa shape index (κ2) is 9.93. The van der Waals surface area contributed by atoms with Crippen LogP contribution in [-0.4, -0.2) is 69.3 Å². The lowest BCUT2D eigenvalue weighted by molar-refractivity contribution is -0.418. The van der Waals surface area contributed by atoms with Crippen molar-refractivity contribution >= 4 is 29.0 Å². The van der Waals surface area contributed by atoms with Crippen LogP contribution in [0.3, 0.4) is 0 Å². The van der Waals surface area contributed by atoms with E-state index >= 15 is 4.39 Å². The van der Waals surface area contributed by atoms with Crippen molar-refractivity contribution in [3.63, 3.8) is 0 Å². The highest BCUT2D eigenvalue weighted by atomic mass is 19.1. The van der Waals surface area contributed by atoms with Crippen LogP contribution in [0.1, 0.15) is 59.1 Å². The third-order valence-corrected chi connectivity index (χ3v) is 8.68. The fourth-order valence-corrected chi connectivity index (χ4v) is 6.42. The standard InChI is InChI=1S/C30H31FN3O7/c1-4-30(39)20-9-23-27-18(12-34(23)28(37)19(20)13-41-29(30)38)25-16(11-33(3)24(36)14-40-8-7-35)5-6-17-15(2)21(31)10-22(32-27)26(17)25/h9-11,16,35,39H,4-8,12-14H2,1-3H3/q+1/t16?,30-/m0/s1. The largest absolute Gasteiger partial charge is 0.458 e.